The Bertz CT molecular complexity index is 434. The molecule has 1 aromatic carbocycles. The van der Waals surface area contributed by atoms with E-state index in [9.17, 15) is 9.90 Å². The van der Waals surface area contributed by atoms with Gasteiger partial charge in [0.05, 0.1) is 12.6 Å². The van der Waals surface area contributed by atoms with Gasteiger partial charge in [-0.25, -0.2) is 0 Å². The fourth-order valence-electron chi connectivity index (χ4n) is 2.63. The van der Waals surface area contributed by atoms with Gasteiger partial charge in [0, 0.05) is 0 Å². The Morgan fingerprint density at radius 2 is 2.05 bits per heavy atom. The van der Waals surface area contributed by atoms with E-state index in [4.69, 9.17) is 4.74 Å². The number of benzene rings is 1. The normalized spacial score (nSPS) is 31.0. The first-order chi connectivity index (χ1) is 9.10. The van der Waals surface area contributed by atoms with E-state index in [0.29, 0.717) is 6.42 Å². The lowest BCUT2D eigenvalue weighted by atomic mass is 9.90. The smallest absolute Gasteiger partial charge is 0.326 e. The molecule has 19 heavy (non-hydrogen) atoms. The molecule has 0 aliphatic carbocycles. The topological polar surface area (TPSA) is 58.6 Å². The Morgan fingerprint density at radius 3 is 2.63 bits per heavy atom. The fourth-order valence-corrected chi connectivity index (χ4v) is 2.63. The number of hydrogen-bond donors (Lipinski definition) is 2. The molecule has 0 radical (unpaired) electrons. The first-order valence-electron chi connectivity index (χ1n) is 6.75. The monoisotopic (exact) mass is 263 g/mol. The van der Waals surface area contributed by atoms with Gasteiger partial charge >= 0.3 is 5.97 Å². The SMILES string of the molecule is CCC[C@@]1(C)N[C@@H](CO)[C@H](c2ccccc2)OC1=O. The molecule has 3 atom stereocenters. The van der Waals surface area contributed by atoms with Crippen LogP contribution in [0.1, 0.15) is 38.4 Å². The minimum absolute atomic E-state index is 0.0633. The summed E-state index contributed by atoms with van der Waals surface area (Å²) in [7, 11) is 0. The summed E-state index contributed by atoms with van der Waals surface area (Å²) in [6.07, 6.45) is 1.15. The average Bonchev–Trinajstić information content (AvgIpc) is 2.43. The highest BCUT2D eigenvalue weighted by atomic mass is 16.6. The number of esters is 1. The van der Waals surface area contributed by atoms with Crippen molar-refractivity contribution >= 4 is 5.97 Å². The zero-order chi connectivity index (χ0) is 13.9. The second kappa shape index (κ2) is 5.72. The highest BCUT2D eigenvalue weighted by molar-refractivity contribution is 5.81. The van der Waals surface area contributed by atoms with Crippen molar-refractivity contribution in [3.8, 4) is 0 Å². The number of hydrogen-bond acceptors (Lipinski definition) is 4. The Balaban J connectivity index is 2.23. The largest absolute Gasteiger partial charge is 0.454 e. The number of aliphatic hydroxyl groups excluding tert-OH is 1. The molecule has 0 spiro atoms. The highest BCUT2D eigenvalue weighted by Gasteiger charge is 2.45. The van der Waals surface area contributed by atoms with Crippen LogP contribution < -0.4 is 5.32 Å². The molecule has 0 saturated carbocycles. The van der Waals surface area contributed by atoms with Crippen molar-refractivity contribution in [2.75, 3.05) is 6.61 Å². The van der Waals surface area contributed by atoms with E-state index in [2.05, 4.69) is 5.32 Å². The Hall–Kier alpha value is -1.39. The first-order valence-corrected chi connectivity index (χ1v) is 6.75. The molecule has 4 heteroatoms. The van der Waals surface area contributed by atoms with Crippen LogP contribution in [0.2, 0.25) is 0 Å². The van der Waals surface area contributed by atoms with Gasteiger partial charge in [-0.1, -0.05) is 43.7 Å². The van der Waals surface area contributed by atoms with E-state index in [1.54, 1.807) is 0 Å². The molecule has 1 aliphatic rings. The lowest BCUT2D eigenvalue weighted by molar-refractivity contribution is -0.169. The molecule has 4 nitrogen and oxygen atoms in total. The van der Waals surface area contributed by atoms with E-state index in [0.717, 1.165) is 12.0 Å². The first kappa shape index (κ1) is 14.0. The average molecular weight is 263 g/mol. The second-order valence-electron chi connectivity index (χ2n) is 5.25. The molecule has 1 fully saturated rings. The van der Waals surface area contributed by atoms with Crippen molar-refractivity contribution in [2.45, 2.75) is 44.4 Å². The molecule has 0 bridgehead atoms. The van der Waals surface area contributed by atoms with Gasteiger partial charge < -0.3 is 9.84 Å². The standard InChI is InChI=1S/C15H21NO3/c1-3-9-15(2)14(18)19-13(12(10-17)16-15)11-7-5-4-6-8-11/h4-8,12-13,16-17H,3,9-10H2,1-2H3/t12-,13-,15+/m0/s1. The number of morpholine rings is 1. The molecule has 0 amide bonds. The Labute approximate surface area is 113 Å². The minimum atomic E-state index is -0.701. The number of carbonyl (C=O) groups excluding carboxylic acids is 1. The molecule has 1 saturated heterocycles. The second-order valence-corrected chi connectivity index (χ2v) is 5.25. The number of aliphatic hydroxyl groups is 1. The Morgan fingerprint density at radius 1 is 1.37 bits per heavy atom. The summed E-state index contributed by atoms with van der Waals surface area (Å²) in [6, 6.07) is 9.26. The number of rotatable bonds is 4. The lowest BCUT2D eigenvalue weighted by Crippen LogP contribution is -2.62. The maximum Gasteiger partial charge on any atom is 0.326 e. The summed E-state index contributed by atoms with van der Waals surface area (Å²) in [5.74, 6) is -0.243. The van der Waals surface area contributed by atoms with E-state index < -0.39 is 11.6 Å². The van der Waals surface area contributed by atoms with Crippen LogP contribution in [0.5, 0.6) is 0 Å². The predicted octanol–water partition coefficient (Wildman–Crippen LogP) is 1.79. The maximum atomic E-state index is 12.2. The molecule has 1 aromatic rings. The number of nitrogens with one attached hydrogen (secondary N) is 1. The number of ether oxygens (including phenoxy) is 1. The van der Waals surface area contributed by atoms with Crippen LogP contribution in [0.25, 0.3) is 0 Å². The van der Waals surface area contributed by atoms with Crippen molar-refractivity contribution in [1.82, 2.24) is 5.32 Å². The van der Waals surface area contributed by atoms with Crippen molar-refractivity contribution < 1.29 is 14.6 Å². The van der Waals surface area contributed by atoms with Crippen LogP contribution in [0.4, 0.5) is 0 Å². The van der Waals surface area contributed by atoms with Gasteiger partial charge in [0.2, 0.25) is 0 Å². The molecule has 0 unspecified atom stereocenters. The quantitative estimate of drug-likeness (QED) is 0.813. The molecular weight excluding hydrogens is 242 g/mol. The molecule has 2 rings (SSSR count). The van der Waals surface area contributed by atoms with E-state index in [-0.39, 0.29) is 18.6 Å². The fraction of sp³-hybridized carbons (Fsp3) is 0.533. The van der Waals surface area contributed by atoms with Crippen molar-refractivity contribution in [3.05, 3.63) is 35.9 Å². The Kier molecular flexibility index (Phi) is 4.22. The minimum Gasteiger partial charge on any atom is -0.454 e. The van der Waals surface area contributed by atoms with Crippen molar-refractivity contribution in [1.29, 1.82) is 0 Å². The summed E-state index contributed by atoms with van der Waals surface area (Å²) >= 11 is 0. The third kappa shape index (κ3) is 2.80. The zero-order valence-corrected chi connectivity index (χ0v) is 11.4. The van der Waals surface area contributed by atoms with Gasteiger partial charge in [0.25, 0.3) is 0 Å². The third-order valence-corrected chi connectivity index (χ3v) is 3.63. The molecule has 0 aromatic heterocycles. The van der Waals surface area contributed by atoms with Gasteiger partial charge in [0.15, 0.2) is 0 Å². The van der Waals surface area contributed by atoms with Crippen molar-refractivity contribution in [2.24, 2.45) is 0 Å². The van der Waals surface area contributed by atoms with Crippen LogP contribution in [0.15, 0.2) is 30.3 Å². The third-order valence-electron chi connectivity index (χ3n) is 3.63. The van der Waals surface area contributed by atoms with Gasteiger partial charge in [-0.2, -0.15) is 0 Å². The summed E-state index contributed by atoms with van der Waals surface area (Å²) in [5, 5.41) is 12.8. The van der Waals surface area contributed by atoms with Crippen LogP contribution in [0.3, 0.4) is 0 Å². The number of carbonyl (C=O) groups is 1. The van der Waals surface area contributed by atoms with Crippen LogP contribution in [-0.2, 0) is 9.53 Å². The summed E-state index contributed by atoms with van der Waals surface area (Å²) in [4.78, 5) is 12.2. The zero-order valence-electron chi connectivity index (χ0n) is 11.4. The number of cyclic esters (lactones) is 1. The van der Waals surface area contributed by atoms with Crippen LogP contribution >= 0.6 is 0 Å². The van der Waals surface area contributed by atoms with Gasteiger partial charge in [-0.05, 0) is 18.9 Å². The molecular formula is C15H21NO3. The van der Waals surface area contributed by atoms with E-state index in [1.165, 1.54) is 0 Å². The molecule has 2 N–H and O–H groups in total. The van der Waals surface area contributed by atoms with Crippen molar-refractivity contribution in [3.63, 3.8) is 0 Å². The van der Waals surface area contributed by atoms with Crippen LogP contribution in [-0.4, -0.2) is 29.3 Å². The summed E-state index contributed by atoms with van der Waals surface area (Å²) in [6.45, 7) is 3.80. The molecule has 104 valence electrons. The lowest BCUT2D eigenvalue weighted by Gasteiger charge is -2.42. The van der Waals surface area contributed by atoms with E-state index in [1.807, 2.05) is 44.2 Å². The highest BCUT2D eigenvalue weighted by Crippen LogP contribution is 2.31. The summed E-state index contributed by atoms with van der Waals surface area (Å²) in [5.41, 5.74) is 0.203. The predicted molar refractivity (Wildman–Crippen MR) is 72.6 cm³/mol. The van der Waals surface area contributed by atoms with Gasteiger partial charge in [-0.15, -0.1) is 0 Å². The maximum absolute atomic E-state index is 12.2. The van der Waals surface area contributed by atoms with Gasteiger partial charge in [0.1, 0.15) is 11.6 Å². The molecule has 1 heterocycles. The van der Waals surface area contributed by atoms with Crippen LogP contribution in [0, 0.1) is 0 Å². The van der Waals surface area contributed by atoms with Gasteiger partial charge in [-0.3, -0.25) is 10.1 Å². The van der Waals surface area contributed by atoms with E-state index >= 15 is 0 Å². The summed E-state index contributed by atoms with van der Waals surface area (Å²) < 4.78 is 5.58. The molecule has 1 aliphatic heterocycles.